The fourth-order valence-electron chi connectivity index (χ4n) is 2.06. The number of methoxy groups -OCH3 is 1. The first-order valence-electron chi connectivity index (χ1n) is 6.18. The quantitative estimate of drug-likeness (QED) is 0.653. The van der Waals surface area contributed by atoms with Gasteiger partial charge in [0.15, 0.2) is 0 Å². The van der Waals surface area contributed by atoms with Crippen molar-refractivity contribution in [3.05, 3.63) is 63.6 Å². The normalized spacial score (nSPS) is 12.2. The summed E-state index contributed by atoms with van der Waals surface area (Å²) in [6.07, 6.45) is 0.642. The number of nitrogens with two attached hydrogens (primary N) is 1. The van der Waals surface area contributed by atoms with Crippen molar-refractivity contribution in [3.8, 4) is 5.75 Å². The fraction of sp³-hybridized carbons (Fsp3) is 0.200. The molecular formula is C15H16Cl2N2O. The predicted octanol–water partition coefficient (Wildman–Crippen LogP) is 3.75. The highest BCUT2D eigenvalue weighted by atomic mass is 35.5. The van der Waals surface area contributed by atoms with E-state index in [9.17, 15) is 0 Å². The minimum atomic E-state index is -0.0685. The van der Waals surface area contributed by atoms with Gasteiger partial charge in [0.25, 0.3) is 0 Å². The fourth-order valence-corrected chi connectivity index (χ4v) is 2.45. The van der Waals surface area contributed by atoms with Crippen molar-refractivity contribution in [3.63, 3.8) is 0 Å². The Bertz CT molecular complexity index is 590. The van der Waals surface area contributed by atoms with Crippen LogP contribution in [0.1, 0.15) is 17.2 Å². The van der Waals surface area contributed by atoms with Crippen molar-refractivity contribution >= 4 is 23.2 Å². The summed E-state index contributed by atoms with van der Waals surface area (Å²) in [6, 6.07) is 13.3. The Kier molecular flexibility index (Phi) is 5.26. The van der Waals surface area contributed by atoms with E-state index in [2.05, 4.69) is 5.43 Å². The molecule has 2 aromatic rings. The third-order valence-corrected chi connectivity index (χ3v) is 4.01. The van der Waals surface area contributed by atoms with E-state index in [-0.39, 0.29) is 6.04 Å². The molecule has 3 N–H and O–H groups in total. The van der Waals surface area contributed by atoms with Gasteiger partial charge < -0.3 is 4.74 Å². The maximum absolute atomic E-state index is 6.22. The molecule has 5 heteroatoms. The van der Waals surface area contributed by atoms with Crippen molar-refractivity contribution in [2.24, 2.45) is 5.84 Å². The van der Waals surface area contributed by atoms with Crippen molar-refractivity contribution in [2.45, 2.75) is 12.5 Å². The van der Waals surface area contributed by atoms with Crippen molar-refractivity contribution < 1.29 is 4.74 Å². The molecule has 0 bridgehead atoms. The average molecular weight is 311 g/mol. The van der Waals surface area contributed by atoms with E-state index < -0.39 is 0 Å². The SMILES string of the molecule is COc1cccc(C(Cc2cccc(Cl)c2Cl)NN)c1. The van der Waals surface area contributed by atoms with Crippen LogP contribution < -0.4 is 16.0 Å². The molecule has 0 aliphatic rings. The molecule has 0 amide bonds. The second kappa shape index (κ2) is 6.95. The molecule has 20 heavy (non-hydrogen) atoms. The summed E-state index contributed by atoms with van der Waals surface area (Å²) in [5.74, 6) is 6.46. The van der Waals surface area contributed by atoms with Gasteiger partial charge in [-0.1, -0.05) is 47.5 Å². The number of hydrazine groups is 1. The standard InChI is InChI=1S/C15H16Cl2N2O/c1-20-12-6-2-4-10(8-12)14(19-18)9-11-5-3-7-13(16)15(11)17/h2-8,14,19H,9,18H2,1H3. The molecular weight excluding hydrogens is 295 g/mol. The minimum Gasteiger partial charge on any atom is -0.497 e. The number of ether oxygens (including phenoxy) is 1. The van der Waals surface area contributed by atoms with Gasteiger partial charge in [-0.25, -0.2) is 0 Å². The van der Waals surface area contributed by atoms with Crippen LogP contribution in [0.2, 0.25) is 10.0 Å². The molecule has 0 fully saturated rings. The van der Waals surface area contributed by atoms with Crippen LogP contribution in [0.3, 0.4) is 0 Å². The van der Waals surface area contributed by atoms with Gasteiger partial charge in [-0.2, -0.15) is 0 Å². The van der Waals surface area contributed by atoms with E-state index in [0.29, 0.717) is 16.5 Å². The summed E-state index contributed by atoms with van der Waals surface area (Å²) in [5.41, 5.74) is 4.79. The van der Waals surface area contributed by atoms with Crippen LogP contribution in [-0.4, -0.2) is 7.11 Å². The highest BCUT2D eigenvalue weighted by molar-refractivity contribution is 6.42. The summed E-state index contributed by atoms with van der Waals surface area (Å²) in [5, 5.41) is 1.11. The first-order valence-corrected chi connectivity index (χ1v) is 6.94. The molecule has 0 radical (unpaired) electrons. The summed E-state index contributed by atoms with van der Waals surface area (Å²) in [7, 11) is 1.64. The Labute approximate surface area is 128 Å². The predicted molar refractivity (Wildman–Crippen MR) is 83.2 cm³/mol. The Morgan fingerprint density at radius 3 is 2.65 bits per heavy atom. The van der Waals surface area contributed by atoms with E-state index in [4.69, 9.17) is 33.8 Å². The smallest absolute Gasteiger partial charge is 0.119 e. The van der Waals surface area contributed by atoms with E-state index in [0.717, 1.165) is 16.9 Å². The molecule has 0 aromatic heterocycles. The Morgan fingerprint density at radius 2 is 1.95 bits per heavy atom. The lowest BCUT2D eigenvalue weighted by molar-refractivity contribution is 0.413. The molecule has 3 nitrogen and oxygen atoms in total. The van der Waals surface area contributed by atoms with Gasteiger partial charge in [-0.05, 0) is 35.7 Å². The topological polar surface area (TPSA) is 47.3 Å². The minimum absolute atomic E-state index is 0.0685. The van der Waals surface area contributed by atoms with Crippen molar-refractivity contribution in [1.82, 2.24) is 5.43 Å². The molecule has 2 rings (SSSR count). The number of benzene rings is 2. The Hall–Kier alpha value is -1.26. The van der Waals surface area contributed by atoms with Gasteiger partial charge in [0.2, 0.25) is 0 Å². The van der Waals surface area contributed by atoms with Crippen LogP contribution in [-0.2, 0) is 6.42 Å². The zero-order valence-corrected chi connectivity index (χ0v) is 12.6. The van der Waals surface area contributed by atoms with E-state index in [1.54, 1.807) is 13.2 Å². The number of nitrogens with one attached hydrogen (secondary N) is 1. The number of halogens is 2. The van der Waals surface area contributed by atoms with Crippen LogP contribution in [0.25, 0.3) is 0 Å². The molecule has 1 atom stereocenters. The molecule has 0 saturated carbocycles. The van der Waals surface area contributed by atoms with E-state index in [1.807, 2.05) is 36.4 Å². The summed E-state index contributed by atoms with van der Waals surface area (Å²) < 4.78 is 5.23. The summed E-state index contributed by atoms with van der Waals surface area (Å²) >= 11 is 12.2. The number of hydrogen-bond acceptors (Lipinski definition) is 3. The third kappa shape index (κ3) is 3.44. The molecule has 0 spiro atoms. The largest absolute Gasteiger partial charge is 0.497 e. The van der Waals surface area contributed by atoms with Gasteiger partial charge >= 0.3 is 0 Å². The maximum Gasteiger partial charge on any atom is 0.119 e. The average Bonchev–Trinajstić information content (AvgIpc) is 2.49. The molecule has 0 heterocycles. The molecule has 0 saturated heterocycles. The van der Waals surface area contributed by atoms with Crippen molar-refractivity contribution in [1.29, 1.82) is 0 Å². The van der Waals surface area contributed by atoms with Gasteiger partial charge in [0.05, 0.1) is 23.2 Å². The van der Waals surface area contributed by atoms with Gasteiger partial charge in [-0.3, -0.25) is 11.3 Å². The molecule has 1 unspecified atom stereocenters. The Balaban J connectivity index is 2.26. The second-order valence-electron chi connectivity index (χ2n) is 4.41. The van der Waals surface area contributed by atoms with Gasteiger partial charge in [0, 0.05) is 0 Å². The van der Waals surface area contributed by atoms with Crippen LogP contribution in [0.5, 0.6) is 5.75 Å². The lowest BCUT2D eigenvalue weighted by Crippen LogP contribution is -2.29. The van der Waals surface area contributed by atoms with Crippen LogP contribution >= 0.6 is 23.2 Å². The van der Waals surface area contributed by atoms with E-state index >= 15 is 0 Å². The van der Waals surface area contributed by atoms with Crippen LogP contribution in [0.15, 0.2) is 42.5 Å². The molecule has 106 valence electrons. The molecule has 0 aliphatic heterocycles. The first kappa shape index (κ1) is 15.1. The third-order valence-electron chi connectivity index (χ3n) is 3.15. The number of hydrogen-bond donors (Lipinski definition) is 2. The van der Waals surface area contributed by atoms with Crippen LogP contribution in [0.4, 0.5) is 0 Å². The summed E-state index contributed by atoms with van der Waals surface area (Å²) in [4.78, 5) is 0. The molecule has 2 aromatic carbocycles. The zero-order valence-electron chi connectivity index (χ0n) is 11.1. The lowest BCUT2D eigenvalue weighted by atomic mass is 9.99. The first-order chi connectivity index (χ1) is 9.65. The number of rotatable bonds is 5. The van der Waals surface area contributed by atoms with Gasteiger partial charge in [0.1, 0.15) is 5.75 Å². The Morgan fingerprint density at radius 1 is 1.20 bits per heavy atom. The highest BCUT2D eigenvalue weighted by Gasteiger charge is 2.14. The zero-order chi connectivity index (χ0) is 14.5. The van der Waals surface area contributed by atoms with E-state index in [1.165, 1.54) is 0 Å². The second-order valence-corrected chi connectivity index (χ2v) is 5.20. The maximum atomic E-state index is 6.22. The van der Waals surface area contributed by atoms with Crippen LogP contribution in [0, 0.1) is 0 Å². The lowest BCUT2D eigenvalue weighted by Gasteiger charge is -2.18. The highest BCUT2D eigenvalue weighted by Crippen LogP contribution is 2.29. The molecule has 0 aliphatic carbocycles. The van der Waals surface area contributed by atoms with Gasteiger partial charge in [-0.15, -0.1) is 0 Å². The monoisotopic (exact) mass is 310 g/mol. The summed E-state index contributed by atoms with van der Waals surface area (Å²) in [6.45, 7) is 0. The van der Waals surface area contributed by atoms with Crippen molar-refractivity contribution in [2.75, 3.05) is 7.11 Å².